The zero-order valence-corrected chi connectivity index (χ0v) is 15.6. The second kappa shape index (κ2) is 10.4. The van der Waals surface area contributed by atoms with Gasteiger partial charge in [-0.1, -0.05) is 6.07 Å². The summed E-state index contributed by atoms with van der Waals surface area (Å²) in [6.45, 7) is 7.98. The van der Waals surface area contributed by atoms with Crippen molar-refractivity contribution >= 4 is 5.96 Å². The second-order valence-electron chi connectivity index (χ2n) is 6.72. The Kier molecular flexibility index (Phi) is 8.25. The minimum atomic E-state index is -0.579. The number of benzene rings is 1. The molecule has 1 aliphatic heterocycles. The fourth-order valence-electron chi connectivity index (χ4n) is 3.08. The van der Waals surface area contributed by atoms with E-state index in [1.54, 1.807) is 0 Å². The van der Waals surface area contributed by atoms with Crippen molar-refractivity contribution in [2.45, 2.75) is 45.3 Å². The van der Waals surface area contributed by atoms with Crippen molar-refractivity contribution in [1.29, 1.82) is 0 Å². The molecule has 146 valence electrons. The van der Waals surface area contributed by atoms with Crippen LogP contribution in [0.15, 0.2) is 23.2 Å². The van der Waals surface area contributed by atoms with Gasteiger partial charge < -0.3 is 20.6 Å². The van der Waals surface area contributed by atoms with Gasteiger partial charge in [-0.3, -0.25) is 4.99 Å². The van der Waals surface area contributed by atoms with Crippen LogP contribution in [0.2, 0.25) is 0 Å². The highest BCUT2D eigenvalue weighted by molar-refractivity contribution is 5.80. The van der Waals surface area contributed by atoms with Gasteiger partial charge in [0.25, 0.3) is 0 Å². The lowest BCUT2D eigenvalue weighted by molar-refractivity contribution is 0.0824. The predicted octanol–water partition coefficient (Wildman–Crippen LogP) is 2.43. The molecular weight excluding hydrogens is 338 g/mol. The van der Waals surface area contributed by atoms with E-state index in [0.717, 1.165) is 45.0 Å². The number of halogens is 2. The summed E-state index contributed by atoms with van der Waals surface area (Å²) in [6, 6.07) is 3.29. The van der Waals surface area contributed by atoms with Crippen molar-refractivity contribution in [3.8, 4) is 0 Å². The smallest absolute Gasteiger partial charge is 0.191 e. The van der Waals surface area contributed by atoms with Crippen LogP contribution in [0.3, 0.4) is 0 Å². The number of likely N-dealkylation sites (tertiary alicyclic amines) is 1. The Morgan fingerprint density at radius 1 is 1.35 bits per heavy atom. The average molecular weight is 368 g/mol. The van der Waals surface area contributed by atoms with Crippen LogP contribution < -0.4 is 10.6 Å². The average Bonchev–Trinajstić information content (AvgIpc) is 2.60. The highest BCUT2D eigenvalue weighted by atomic mass is 19.1. The predicted molar refractivity (Wildman–Crippen MR) is 100 cm³/mol. The van der Waals surface area contributed by atoms with E-state index in [2.05, 4.69) is 20.5 Å². The quantitative estimate of drug-likeness (QED) is 0.393. The van der Waals surface area contributed by atoms with Gasteiger partial charge in [0.15, 0.2) is 5.96 Å². The van der Waals surface area contributed by atoms with Crippen LogP contribution in [0.1, 0.15) is 44.7 Å². The maximum atomic E-state index is 13.9. The van der Waals surface area contributed by atoms with E-state index in [1.165, 1.54) is 12.1 Å². The van der Waals surface area contributed by atoms with Crippen molar-refractivity contribution in [3.05, 3.63) is 35.4 Å². The van der Waals surface area contributed by atoms with Gasteiger partial charge in [0.05, 0.1) is 12.1 Å². The summed E-state index contributed by atoms with van der Waals surface area (Å²) >= 11 is 0. The number of nitrogens with zero attached hydrogens (tertiary/aromatic N) is 2. The lowest BCUT2D eigenvalue weighted by Crippen LogP contribution is -2.39. The van der Waals surface area contributed by atoms with Crippen LogP contribution in [0.4, 0.5) is 8.78 Å². The summed E-state index contributed by atoms with van der Waals surface area (Å²) in [5, 5.41) is 15.9. The van der Waals surface area contributed by atoms with Crippen molar-refractivity contribution in [2.75, 3.05) is 32.7 Å². The molecule has 1 aromatic rings. The molecule has 1 aliphatic rings. The van der Waals surface area contributed by atoms with Crippen molar-refractivity contribution < 1.29 is 13.9 Å². The Bertz CT molecular complexity index is 589. The number of aliphatic imine (C=N–C) groups is 1. The third-order valence-electron chi connectivity index (χ3n) is 4.59. The number of guanidine groups is 1. The van der Waals surface area contributed by atoms with Gasteiger partial charge in [-0.25, -0.2) is 8.78 Å². The third kappa shape index (κ3) is 6.53. The molecule has 0 radical (unpaired) electrons. The van der Waals surface area contributed by atoms with Crippen LogP contribution in [-0.4, -0.2) is 54.8 Å². The minimum Gasteiger partial charge on any atom is -0.393 e. The third-order valence-corrected chi connectivity index (χ3v) is 4.59. The molecule has 0 bridgehead atoms. The van der Waals surface area contributed by atoms with Crippen molar-refractivity contribution in [2.24, 2.45) is 4.99 Å². The van der Waals surface area contributed by atoms with Gasteiger partial charge in [-0.05, 0) is 45.7 Å². The Balaban J connectivity index is 1.83. The lowest BCUT2D eigenvalue weighted by atomic mass is 10.1. The second-order valence-corrected chi connectivity index (χ2v) is 6.72. The fraction of sp³-hybridized carbons (Fsp3) is 0.632. The molecule has 3 N–H and O–H groups in total. The van der Waals surface area contributed by atoms with E-state index in [0.29, 0.717) is 24.6 Å². The van der Waals surface area contributed by atoms with Gasteiger partial charge in [0.2, 0.25) is 0 Å². The first-order valence-corrected chi connectivity index (χ1v) is 9.39. The molecule has 0 amide bonds. The van der Waals surface area contributed by atoms with E-state index in [-0.39, 0.29) is 12.1 Å². The monoisotopic (exact) mass is 368 g/mol. The molecule has 1 aromatic carbocycles. The highest BCUT2D eigenvalue weighted by Gasteiger charge is 2.16. The van der Waals surface area contributed by atoms with E-state index >= 15 is 0 Å². The number of piperidine rings is 1. The number of nitrogens with one attached hydrogen (secondary N) is 2. The maximum Gasteiger partial charge on any atom is 0.191 e. The van der Waals surface area contributed by atoms with Crippen LogP contribution in [0.25, 0.3) is 0 Å². The fourth-order valence-corrected chi connectivity index (χ4v) is 3.08. The molecule has 1 unspecified atom stereocenters. The molecule has 0 spiro atoms. The first-order chi connectivity index (χ1) is 12.5. The van der Waals surface area contributed by atoms with Crippen LogP contribution in [-0.2, 0) is 0 Å². The van der Waals surface area contributed by atoms with Gasteiger partial charge >= 0.3 is 0 Å². The zero-order valence-electron chi connectivity index (χ0n) is 15.6. The Labute approximate surface area is 154 Å². The number of aliphatic hydroxyl groups excluding tert-OH is 1. The van der Waals surface area contributed by atoms with Crippen molar-refractivity contribution in [1.82, 2.24) is 15.5 Å². The summed E-state index contributed by atoms with van der Waals surface area (Å²) < 4.78 is 27.0. The van der Waals surface area contributed by atoms with Crippen molar-refractivity contribution in [3.63, 3.8) is 0 Å². The molecule has 2 rings (SSSR count). The van der Waals surface area contributed by atoms with Gasteiger partial charge in [-0.15, -0.1) is 0 Å². The molecule has 1 atom stereocenters. The largest absolute Gasteiger partial charge is 0.393 e. The summed E-state index contributed by atoms with van der Waals surface area (Å²) in [5.74, 6) is -0.518. The van der Waals surface area contributed by atoms with Gasteiger partial charge in [0.1, 0.15) is 11.6 Å². The summed E-state index contributed by atoms with van der Waals surface area (Å²) in [7, 11) is 0. The molecule has 0 aromatic heterocycles. The molecule has 7 heteroatoms. The molecule has 0 saturated carbocycles. The SMILES string of the molecule is CCNC(=NCCCN1CCC(O)CC1)NC(C)c1ccc(F)cc1F. The number of hydrogen-bond donors (Lipinski definition) is 3. The Morgan fingerprint density at radius 3 is 2.73 bits per heavy atom. The van der Waals surface area contributed by atoms with E-state index < -0.39 is 11.6 Å². The van der Waals surface area contributed by atoms with Gasteiger partial charge in [0, 0.05) is 37.8 Å². The van der Waals surface area contributed by atoms with Crippen LogP contribution in [0, 0.1) is 11.6 Å². The molecular formula is C19H30F2N4O. The first-order valence-electron chi connectivity index (χ1n) is 9.39. The van der Waals surface area contributed by atoms with E-state index in [9.17, 15) is 13.9 Å². The number of rotatable bonds is 7. The molecule has 0 aliphatic carbocycles. The minimum absolute atomic E-state index is 0.151. The lowest BCUT2D eigenvalue weighted by Gasteiger charge is -2.29. The molecule has 26 heavy (non-hydrogen) atoms. The molecule has 1 saturated heterocycles. The summed E-state index contributed by atoms with van der Waals surface area (Å²) in [4.78, 5) is 6.89. The number of hydrogen-bond acceptors (Lipinski definition) is 3. The van der Waals surface area contributed by atoms with Crippen LogP contribution >= 0.6 is 0 Å². The Morgan fingerprint density at radius 2 is 2.08 bits per heavy atom. The zero-order chi connectivity index (χ0) is 18.9. The highest BCUT2D eigenvalue weighted by Crippen LogP contribution is 2.17. The van der Waals surface area contributed by atoms with E-state index in [1.807, 2.05) is 13.8 Å². The van der Waals surface area contributed by atoms with E-state index in [4.69, 9.17) is 0 Å². The normalized spacial score (nSPS) is 18.0. The standard InChI is InChI=1S/C19H30F2N4O/c1-3-22-19(23-9-4-10-25-11-7-16(26)8-12-25)24-14(2)17-6-5-15(20)13-18(17)21/h5-6,13-14,16,26H,3-4,7-12H2,1-2H3,(H2,22,23,24). The molecule has 1 fully saturated rings. The first kappa shape index (κ1) is 20.6. The molecule has 1 heterocycles. The Hall–Kier alpha value is -1.73. The van der Waals surface area contributed by atoms with Crippen LogP contribution in [0.5, 0.6) is 0 Å². The summed E-state index contributed by atoms with van der Waals surface area (Å²) in [5.41, 5.74) is 0.406. The number of aliphatic hydroxyl groups is 1. The van der Waals surface area contributed by atoms with Gasteiger partial charge in [-0.2, -0.15) is 0 Å². The topological polar surface area (TPSA) is 59.9 Å². The molecule has 5 nitrogen and oxygen atoms in total. The maximum absolute atomic E-state index is 13.9. The summed E-state index contributed by atoms with van der Waals surface area (Å²) in [6.07, 6.45) is 2.45.